The van der Waals surface area contributed by atoms with E-state index in [0.29, 0.717) is 0 Å². The van der Waals surface area contributed by atoms with Crippen molar-refractivity contribution in [1.29, 1.82) is 0 Å². The summed E-state index contributed by atoms with van der Waals surface area (Å²) in [4.78, 5) is 0. The largest absolute Gasteiger partial charge is 0.324 e. The van der Waals surface area contributed by atoms with Gasteiger partial charge in [-0.15, -0.1) is 0 Å². The number of hydrogen-bond donors (Lipinski definition) is 0. The second-order valence-corrected chi connectivity index (χ2v) is 5.02. The maximum atomic E-state index is 2.38. The summed E-state index contributed by atoms with van der Waals surface area (Å²) < 4.78 is 1.32. The Kier molecular flexibility index (Phi) is 8.13. The summed E-state index contributed by atoms with van der Waals surface area (Å²) in [5.74, 6) is 0.928. The van der Waals surface area contributed by atoms with E-state index in [2.05, 4.69) is 34.6 Å². The van der Waals surface area contributed by atoms with Crippen LogP contribution >= 0.6 is 0 Å². The van der Waals surface area contributed by atoms with Gasteiger partial charge < -0.3 is 4.48 Å². The molecule has 0 radical (unpaired) electrons. The van der Waals surface area contributed by atoms with Gasteiger partial charge in [0.05, 0.1) is 26.2 Å². The molecule has 1 unspecified atom stereocenters. The summed E-state index contributed by atoms with van der Waals surface area (Å²) in [6, 6.07) is 0. The Balaban J connectivity index is 3.72. The van der Waals surface area contributed by atoms with Crippen LogP contribution in [-0.2, 0) is 0 Å². The summed E-state index contributed by atoms with van der Waals surface area (Å²) >= 11 is 0. The van der Waals surface area contributed by atoms with Gasteiger partial charge in [-0.25, -0.2) is 0 Å². The van der Waals surface area contributed by atoms with E-state index in [1.165, 1.54) is 56.3 Å². The van der Waals surface area contributed by atoms with Crippen molar-refractivity contribution in [2.75, 3.05) is 26.2 Å². The first-order valence-electron chi connectivity index (χ1n) is 6.99. The van der Waals surface area contributed by atoms with Crippen LogP contribution in [0.1, 0.15) is 60.3 Å². The second-order valence-electron chi connectivity index (χ2n) is 5.02. The standard InChI is InChI=1S/C14H32N/c1-6-14(5)12-10-11-13-15(7-2,8-3)9-4/h14H,6-13H2,1-5H3/q+1. The molecule has 0 saturated heterocycles. The molecule has 0 aliphatic heterocycles. The summed E-state index contributed by atoms with van der Waals surface area (Å²) in [6.45, 7) is 17.0. The molecule has 0 amide bonds. The molecule has 1 atom stereocenters. The smallest absolute Gasteiger partial charge is 0.0786 e. The minimum absolute atomic E-state index is 0.928. The fourth-order valence-corrected chi connectivity index (χ4v) is 2.29. The SMILES string of the molecule is CCC(C)CCCC[N+](CC)(CC)CC. The first kappa shape index (κ1) is 15.0. The summed E-state index contributed by atoms with van der Waals surface area (Å²) in [6.07, 6.45) is 5.61. The third kappa shape index (κ3) is 5.55. The predicted octanol–water partition coefficient (Wildman–Crippen LogP) is 4.08. The summed E-state index contributed by atoms with van der Waals surface area (Å²) in [7, 11) is 0. The molecular weight excluding hydrogens is 182 g/mol. The third-order valence-electron chi connectivity index (χ3n) is 4.29. The normalized spacial score (nSPS) is 14.2. The molecule has 15 heavy (non-hydrogen) atoms. The van der Waals surface area contributed by atoms with E-state index in [-0.39, 0.29) is 0 Å². The Bertz CT molecular complexity index is 130. The van der Waals surface area contributed by atoms with Gasteiger partial charge in [0.15, 0.2) is 0 Å². The van der Waals surface area contributed by atoms with E-state index in [1.807, 2.05) is 0 Å². The average Bonchev–Trinajstić information content (AvgIpc) is 2.30. The van der Waals surface area contributed by atoms with Crippen molar-refractivity contribution in [3.05, 3.63) is 0 Å². The molecule has 0 heterocycles. The first-order chi connectivity index (χ1) is 7.14. The molecule has 0 rings (SSSR count). The van der Waals surface area contributed by atoms with E-state index in [4.69, 9.17) is 0 Å². The molecular formula is C14H32N+. The molecule has 0 aromatic heterocycles. The maximum absolute atomic E-state index is 2.38. The van der Waals surface area contributed by atoms with Crippen LogP contribution in [0.2, 0.25) is 0 Å². The Hall–Kier alpha value is -0.0400. The minimum atomic E-state index is 0.928. The summed E-state index contributed by atoms with van der Waals surface area (Å²) in [5, 5.41) is 0. The van der Waals surface area contributed by atoms with Crippen molar-refractivity contribution in [3.63, 3.8) is 0 Å². The highest BCUT2D eigenvalue weighted by Crippen LogP contribution is 2.14. The minimum Gasteiger partial charge on any atom is -0.324 e. The number of rotatable bonds is 9. The van der Waals surface area contributed by atoms with E-state index in [9.17, 15) is 0 Å². The Morgan fingerprint density at radius 3 is 1.80 bits per heavy atom. The molecule has 0 aliphatic carbocycles. The van der Waals surface area contributed by atoms with Crippen LogP contribution in [0, 0.1) is 5.92 Å². The van der Waals surface area contributed by atoms with Gasteiger partial charge >= 0.3 is 0 Å². The van der Waals surface area contributed by atoms with Gasteiger partial charge in [-0.05, 0) is 39.5 Å². The van der Waals surface area contributed by atoms with Crippen molar-refractivity contribution < 1.29 is 4.48 Å². The van der Waals surface area contributed by atoms with Crippen LogP contribution in [0.25, 0.3) is 0 Å². The highest BCUT2D eigenvalue weighted by molar-refractivity contribution is 4.51. The monoisotopic (exact) mass is 214 g/mol. The van der Waals surface area contributed by atoms with Crippen molar-refractivity contribution in [2.24, 2.45) is 5.92 Å². The van der Waals surface area contributed by atoms with Gasteiger partial charge in [-0.1, -0.05) is 26.7 Å². The van der Waals surface area contributed by atoms with Crippen molar-refractivity contribution in [3.8, 4) is 0 Å². The van der Waals surface area contributed by atoms with Crippen molar-refractivity contribution in [2.45, 2.75) is 60.3 Å². The van der Waals surface area contributed by atoms with Crippen LogP contribution in [0.5, 0.6) is 0 Å². The molecule has 0 aliphatic rings. The number of quaternary nitrogens is 1. The van der Waals surface area contributed by atoms with Crippen molar-refractivity contribution in [1.82, 2.24) is 0 Å². The molecule has 0 fully saturated rings. The quantitative estimate of drug-likeness (QED) is 0.401. The first-order valence-corrected chi connectivity index (χ1v) is 6.99. The zero-order valence-corrected chi connectivity index (χ0v) is 11.7. The van der Waals surface area contributed by atoms with Crippen LogP contribution < -0.4 is 0 Å². The van der Waals surface area contributed by atoms with Gasteiger partial charge in [-0.2, -0.15) is 0 Å². The lowest BCUT2D eigenvalue weighted by Gasteiger charge is -2.36. The molecule has 0 saturated carbocycles. The average molecular weight is 214 g/mol. The molecule has 0 N–H and O–H groups in total. The zero-order chi connectivity index (χ0) is 11.7. The molecule has 0 bridgehead atoms. The van der Waals surface area contributed by atoms with Gasteiger partial charge in [-0.3, -0.25) is 0 Å². The van der Waals surface area contributed by atoms with Crippen LogP contribution in [-0.4, -0.2) is 30.7 Å². The van der Waals surface area contributed by atoms with Crippen LogP contribution in [0.4, 0.5) is 0 Å². The maximum Gasteiger partial charge on any atom is 0.0786 e. The predicted molar refractivity (Wildman–Crippen MR) is 70.1 cm³/mol. The molecule has 0 aromatic carbocycles. The van der Waals surface area contributed by atoms with E-state index >= 15 is 0 Å². The number of hydrogen-bond acceptors (Lipinski definition) is 0. The molecule has 92 valence electrons. The molecule has 0 aromatic rings. The second kappa shape index (κ2) is 8.15. The molecule has 1 heteroatoms. The zero-order valence-electron chi connectivity index (χ0n) is 11.7. The molecule has 1 nitrogen and oxygen atoms in total. The third-order valence-corrected chi connectivity index (χ3v) is 4.29. The lowest BCUT2D eigenvalue weighted by atomic mass is 10.0. The fourth-order valence-electron chi connectivity index (χ4n) is 2.29. The fraction of sp³-hybridized carbons (Fsp3) is 1.00. The van der Waals surface area contributed by atoms with Crippen LogP contribution in [0.15, 0.2) is 0 Å². The Labute approximate surface area is 97.5 Å². The Morgan fingerprint density at radius 1 is 0.867 bits per heavy atom. The number of unbranched alkanes of at least 4 members (excludes halogenated alkanes) is 1. The van der Waals surface area contributed by atoms with Gasteiger partial charge in [0.25, 0.3) is 0 Å². The highest BCUT2D eigenvalue weighted by Gasteiger charge is 2.19. The Morgan fingerprint density at radius 2 is 1.40 bits per heavy atom. The van der Waals surface area contributed by atoms with Crippen molar-refractivity contribution >= 4 is 0 Å². The molecule has 0 spiro atoms. The van der Waals surface area contributed by atoms with Gasteiger partial charge in [0, 0.05) is 0 Å². The van der Waals surface area contributed by atoms with Gasteiger partial charge in [0.1, 0.15) is 0 Å². The lowest BCUT2D eigenvalue weighted by molar-refractivity contribution is -0.923. The van der Waals surface area contributed by atoms with E-state index in [0.717, 1.165) is 5.92 Å². The van der Waals surface area contributed by atoms with Gasteiger partial charge in [0.2, 0.25) is 0 Å². The van der Waals surface area contributed by atoms with E-state index < -0.39 is 0 Å². The lowest BCUT2D eigenvalue weighted by Crippen LogP contribution is -2.48. The highest BCUT2D eigenvalue weighted by atomic mass is 15.3. The van der Waals surface area contributed by atoms with Crippen LogP contribution in [0.3, 0.4) is 0 Å². The van der Waals surface area contributed by atoms with E-state index in [1.54, 1.807) is 0 Å². The topological polar surface area (TPSA) is 0 Å². The number of nitrogens with zero attached hydrogens (tertiary/aromatic N) is 1. The summed E-state index contributed by atoms with van der Waals surface area (Å²) in [5.41, 5.74) is 0.